The molecule has 0 unspecified atom stereocenters. The van der Waals surface area contributed by atoms with E-state index in [1.165, 1.54) is 44.3 Å². The predicted octanol–water partition coefficient (Wildman–Crippen LogP) is 3.37. The second-order valence-corrected chi connectivity index (χ2v) is 8.37. The van der Waals surface area contributed by atoms with E-state index in [9.17, 15) is 4.79 Å². The van der Waals surface area contributed by atoms with Crippen molar-refractivity contribution >= 4 is 5.78 Å². The van der Waals surface area contributed by atoms with Crippen molar-refractivity contribution in [3.8, 4) is 0 Å². The number of likely N-dealkylation sites (tertiary alicyclic amines) is 1. The van der Waals surface area contributed by atoms with Crippen molar-refractivity contribution in [1.82, 2.24) is 14.9 Å². The molecule has 1 aromatic heterocycles. The van der Waals surface area contributed by atoms with Gasteiger partial charge in [0.05, 0.1) is 0 Å². The fourth-order valence-corrected chi connectivity index (χ4v) is 5.16. The van der Waals surface area contributed by atoms with Crippen LogP contribution < -0.4 is 0 Å². The van der Waals surface area contributed by atoms with Gasteiger partial charge < -0.3 is 4.90 Å². The zero-order valence-electron chi connectivity index (χ0n) is 15.0. The third-order valence-electron chi connectivity index (χ3n) is 6.83. The molecule has 4 nitrogen and oxygen atoms in total. The first-order chi connectivity index (χ1) is 11.6. The number of piperidine rings is 1. The predicted molar refractivity (Wildman–Crippen MR) is 93.8 cm³/mol. The van der Waals surface area contributed by atoms with Gasteiger partial charge in [0.25, 0.3) is 0 Å². The average Bonchev–Trinajstić information content (AvgIpc) is 2.53. The molecule has 0 amide bonds. The first kappa shape index (κ1) is 16.2. The molecule has 2 aliphatic carbocycles. The van der Waals surface area contributed by atoms with Crippen LogP contribution >= 0.6 is 0 Å². The zero-order chi connectivity index (χ0) is 16.7. The number of hydrogen-bond acceptors (Lipinski definition) is 4. The fraction of sp³-hybridized carbons (Fsp3) is 0.750. The summed E-state index contributed by atoms with van der Waals surface area (Å²) in [6.07, 6.45) is 12.4. The van der Waals surface area contributed by atoms with Crippen LogP contribution in [0.3, 0.4) is 0 Å². The molecular weight excluding hydrogens is 298 g/mol. The molecule has 0 aromatic carbocycles. The topological polar surface area (TPSA) is 46.1 Å². The lowest BCUT2D eigenvalue weighted by molar-refractivity contribution is -0.139. The average molecular weight is 327 g/mol. The molecule has 0 atom stereocenters. The fourth-order valence-electron chi connectivity index (χ4n) is 5.16. The maximum Gasteiger partial charge on any atom is 0.132 e. The van der Waals surface area contributed by atoms with E-state index in [2.05, 4.69) is 21.8 Å². The van der Waals surface area contributed by atoms with Gasteiger partial charge >= 0.3 is 0 Å². The van der Waals surface area contributed by atoms with Crippen LogP contribution in [0.25, 0.3) is 0 Å². The summed E-state index contributed by atoms with van der Waals surface area (Å²) in [5.74, 6) is 2.36. The van der Waals surface area contributed by atoms with E-state index in [0.29, 0.717) is 23.0 Å². The number of rotatable bonds is 4. The Bertz CT molecular complexity index is 590. The Kier molecular flexibility index (Phi) is 4.19. The molecule has 0 N–H and O–H groups in total. The highest BCUT2D eigenvalue weighted by atomic mass is 16.1. The van der Waals surface area contributed by atoms with Gasteiger partial charge in [-0.1, -0.05) is 6.92 Å². The Morgan fingerprint density at radius 3 is 2.33 bits per heavy atom. The van der Waals surface area contributed by atoms with Crippen LogP contribution in [0.5, 0.6) is 0 Å². The van der Waals surface area contributed by atoms with E-state index in [4.69, 9.17) is 0 Å². The van der Waals surface area contributed by atoms with E-state index >= 15 is 0 Å². The van der Waals surface area contributed by atoms with Gasteiger partial charge in [-0.15, -0.1) is 0 Å². The minimum atomic E-state index is 0.378. The van der Waals surface area contributed by atoms with Gasteiger partial charge in [-0.3, -0.25) is 4.79 Å². The van der Waals surface area contributed by atoms with E-state index in [0.717, 1.165) is 31.1 Å². The standard InChI is InChI=1S/C20H29N3O/c1-3-19-21-12-17(13-22-19)15-4-6-23(7-5-15)18-10-20(11-18)8-16(9-20)14(2)24/h12-13,15-16,18H,3-11H2,1-2H3. The number of carbonyl (C=O) groups excluding carboxylic acids is 1. The Balaban J connectivity index is 1.25. The summed E-state index contributed by atoms with van der Waals surface area (Å²) in [4.78, 5) is 23.0. The molecule has 24 heavy (non-hydrogen) atoms. The van der Waals surface area contributed by atoms with Crippen molar-refractivity contribution in [2.24, 2.45) is 11.3 Å². The summed E-state index contributed by atoms with van der Waals surface area (Å²) >= 11 is 0. The second-order valence-electron chi connectivity index (χ2n) is 8.37. The van der Waals surface area contributed by atoms with Crippen LogP contribution in [0.15, 0.2) is 12.4 Å². The van der Waals surface area contributed by atoms with E-state index in [1.54, 1.807) is 6.92 Å². The molecule has 3 fully saturated rings. The molecule has 2 heterocycles. The number of nitrogens with zero attached hydrogens (tertiary/aromatic N) is 3. The molecule has 1 spiro atoms. The molecule has 130 valence electrons. The maximum absolute atomic E-state index is 11.4. The number of Topliss-reactive ketones (excluding diaryl/α,β-unsaturated/α-hetero) is 1. The molecular formula is C20H29N3O. The third-order valence-corrected chi connectivity index (χ3v) is 6.83. The number of aryl methyl sites for hydroxylation is 1. The molecule has 0 bridgehead atoms. The lowest BCUT2D eigenvalue weighted by Crippen LogP contribution is -2.58. The minimum absolute atomic E-state index is 0.378. The van der Waals surface area contributed by atoms with E-state index < -0.39 is 0 Å². The van der Waals surface area contributed by atoms with Gasteiger partial charge in [0.15, 0.2) is 0 Å². The molecule has 1 aliphatic heterocycles. The molecule has 3 aliphatic rings. The Morgan fingerprint density at radius 1 is 1.17 bits per heavy atom. The van der Waals surface area contributed by atoms with Crippen molar-refractivity contribution in [2.75, 3.05) is 13.1 Å². The van der Waals surface area contributed by atoms with Crippen molar-refractivity contribution in [3.05, 3.63) is 23.8 Å². The monoisotopic (exact) mass is 327 g/mol. The summed E-state index contributed by atoms with van der Waals surface area (Å²) in [7, 11) is 0. The van der Waals surface area contributed by atoms with Gasteiger partial charge in [0, 0.05) is 30.8 Å². The summed E-state index contributed by atoms with van der Waals surface area (Å²) in [5, 5.41) is 0. The van der Waals surface area contributed by atoms with Gasteiger partial charge in [-0.25, -0.2) is 9.97 Å². The minimum Gasteiger partial charge on any atom is -0.300 e. The normalized spacial score (nSPS) is 33.9. The molecule has 1 saturated heterocycles. The molecule has 1 aromatic rings. The number of aromatic nitrogens is 2. The first-order valence-electron chi connectivity index (χ1n) is 9.64. The van der Waals surface area contributed by atoms with E-state index in [-0.39, 0.29) is 0 Å². The van der Waals surface area contributed by atoms with Crippen LogP contribution in [0.4, 0.5) is 0 Å². The largest absolute Gasteiger partial charge is 0.300 e. The van der Waals surface area contributed by atoms with Crippen LogP contribution in [-0.4, -0.2) is 39.8 Å². The van der Waals surface area contributed by atoms with Crippen molar-refractivity contribution in [3.63, 3.8) is 0 Å². The Labute approximate surface area is 145 Å². The summed E-state index contributed by atoms with van der Waals surface area (Å²) in [6, 6.07) is 0.776. The molecule has 4 heteroatoms. The van der Waals surface area contributed by atoms with Gasteiger partial charge in [-0.05, 0) is 75.4 Å². The maximum atomic E-state index is 11.4. The third kappa shape index (κ3) is 2.90. The smallest absolute Gasteiger partial charge is 0.132 e. The highest BCUT2D eigenvalue weighted by molar-refractivity contribution is 5.79. The van der Waals surface area contributed by atoms with Crippen molar-refractivity contribution in [2.45, 2.75) is 70.8 Å². The number of ketones is 1. The summed E-state index contributed by atoms with van der Waals surface area (Å²) < 4.78 is 0. The van der Waals surface area contributed by atoms with Crippen molar-refractivity contribution in [1.29, 1.82) is 0 Å². The highest BCUT2D eigenvalue weighted by Crippen LogP contribution is 2.60. The zero-order valence-corrected chi connectivity index (χ0v) is 15.0. The quantitative estimate of drug-likeness (QED) is 0.850. The summed E-state index contributed by atoms with van der Waals surface area (Å²) in [6.45, 7) is 6.27. The van der Waals surface area contributed by atoms with Gasteiger partial charge in [-0.2, -0.15) is 0 Å². The first-order valence-corrected chi connectivity index (χ1v) is 9.64. The Hall–Kier alpha value is -1.29. The SMILES string of the molecule is CCc1ncc(C2CCN(C3CC4(CC(C(C)=O)C4)C3)CC2)cn1. The lowest BCUT2D eigenvalue weighted by atomic mass is 9.49. The molecule has 2 saturated carbocycles. The van der Waals surface area contributed by atoms with Crippen LogP contribution in [0.2, 0.25) is 0 Å². The highest BCUT2D eigenvalue weighted by Gasteiger charge is 2.55. The van der Waals surface area contributed by atoms with E-state index in [1.807, 2.05) is 12.4 Å². The van der Waals surface area contributed by atoms with Crippen LogP contribution in [0.1, 0.15) is 69.7 Å². The van der Waals surface area contributed by atoms with Gasteiger partial charge in [0.1, 0.15) is 11.6 Å². The summed E-state index contributed by atoms with van der Waals surface area (Å²) in [5.41, 5.74) is 1.86. The lowest BCUT2D eigenvalue weighted by Gasteiger charge is -2.60. The van der Waals surface area contributed by atoms with Crippen LogP contribution in [0, 0.1) is 11.3 Å². The van der Waals surface area contributed by atoms with Gasteiger partial charge in [0.2, 0.25) is 0 Å². The molecule has 0 radical (unpaired) electrons. The second kappa shape index (κ2) is 6.21. The van der Waals surface area contributed by atoms with Crippen LogP contribution in [-0.2, 0) is 11.2 Å². The molecule has 4 rings (SSSR count). The Morgan fingerprint density at radius 2 is 1.79 bits per heavy atom. The number of carbonyl (C=O) groups is 1. The number of hydrogen-bond donors (Lipinski definition) is 0. The van der Waals surface area contributed by atoms with Crippen molar-refractivity contribution < 1.29 is 4.79 Å².